The van der Waals surface area contributed by atoms with Gasteiger partial charge in [-0.3, -0.25) is 4.79 Å². The first kappa shape index (κ1) is 17.6. The molecule has 0 saturated heterocycles. The second-order valence-electron chi connectivity index (χ2n) is 4.30. The maximum atomic E-state index is 12.0. The summed E-state index contributed by atoms with van der Waals surface area (Å²) in [6.07, 6.45) is 0. The molecule has 1 aromatic heterocycles. The molecule has 1 rings (SSSR count). The predicted molar refractivity (Wildman–Crippen MR) is 81.1 cm³/mol. The summed E-state index contributed by atoms with van der Waals surface area (Å²) in [4.78, 5) is 24.7. The minimum atomic E-state index is -0.421. The molecule has 0 unspecified atom stereocenters. The lowest BCUT2D eigenvalue weighted by atomic mass is 10.1. The first-order valence-electron chi connectivity index (χ1n) is 6.64. The first-order valence-corrected chi connectivity index (χ1v) is 7.46. The van der Waals surface area contributed by atoms with Crippen LogP contribution in [0.15, 0.2) is 0 Å². The van der Waals surface area contributed by atoms with Gasteiger partial charge in [0.2, 0.25) is 0 Å². The fourth-order valence-corrected chi connectivity index (χ4v) is 2.70. The molecule has 0 bridgehead atoms. The third kappa shape index (κ3) is 5.11. The number of ether oxygens (including phenoxy) is 3. The number of aryl methyl sites for hydroxylation is 1. The minimum Gasteiger partial charge on any atom is -0.462 e. The van der Waals surface area contributed by atoms with Crippen LogP contribution in [0.25, 0.3) is 0 Å². The summed E-state index contributed by atoms with van der Waals surface area (Å²) in [7, 11) is 1.56. The Bertz CT molecular complexity index is 498. The van der Waals surface area contributed by atoms with Crippen molar-refractivity contribution in [2.75, 3.05) is 38.9 Å². The summed E-state index contributed by atoms with van der Waals surface area (Å²) in [6, 6.07) is 0. The van der Waals surface area contributed by atoms with Crippen LogP contribution in [0.3, 0.4) is 0 Å². The summed E-state index contributed by atoms with van der Waals surface area (Å²) in [5.74, 6) is -0.729. The normalized spacial score (nSPS) is 10.5. The SMILES string of the molecule is CCOC(=O)c1c(NC(=O)COCCOC)sc(C)c1C. The largest absolute Gasteiger partial charge is 0.462 e. The number of methoxy groups -OCH3 is 1. The van der Waals surface area contributed by atoms with Crippen molar-refractivity contribution < 1.29 is 23.8 Å². The van der Waals surface area contributed by atoms with E-state index in [1.807, 2.05) is 13.8 Å². The number of nitrogens with one attached hydrogen (secondary N) is 1. The Balaban J connectivity index is 2.72. The van der Waals surface area contributed by atoms with E-state index in [9.17, 15) is 9.59 Å². The van der Waals surface area contributed by atoms with Gasteiger partial charge in [0, 0.05) is 12.0 Å². The summed E-state index contributed by atoms with van der Waals surface area (Å²) in [6.45, 7) is 6.46. The van der Waals surface area contributed by atoms with Crippen molar-refractivity contribution >= 4 is 28.2 Å². The maximum Gasteiger partial charge on any atom is 0.341 e. The second kappa shape index (κ2) is 8.76. The topological polar surface area (TPSA) is 73.9 Å². The van der Waals surface area contributed by atoms with Gasteiger partial charge < -0.3 is 19.5 Å². The third-order valence-electron chi connectivity index (χ3n) is 2.78. The Labute approximate surface area is 128 Å². The van der Waals surface area contributed by atoms with Gasteiger partial charge in [-0.1, -0.05) is 0 Å². The molecule has 21 heavy (non-hydrogen) atoms. The summed E-state index contributed by atoms with van der Waals surface area (Å²) >= 11 is 1.35. The molecule has 118 valence electrons. The maximum absolute atomic E-state index is 12.0. The van der Waals surface area contributed by atoms with Gasteiger partial charge in [-0.05, 0) is 26.3 Å². The zero-order valence-corrected chi connectivity index (χ0v) is 13.6. The van der Waals surface area contributed by atoms with E-state index >= 15 is 0 Å². The number of rotatable bonds is 8. The lowest BCUT2D eigenvalue weighted by Crippen LogP contribution is -2.20. The predicted octanol–water partition coefficient (Wildman–Crippen LogP) is 2.14. The number of amides is 1. The van der Waals surface area contributed by atoms with Crippen LogP contribution in [0.2, 0.25) is 0 Å². The molecule has 1 aromatic rings. The molecule has 7 heteroatoms. The fraction of sp³-hybridized carbons (Fsp3) is 0.571. The molecule has 0 aliphatic carbocycles. The van der Waals surface area contributed by atoms with Crippen LogP contribution in [0, 0.1) is 13.8 Å². The van der Waals surface area contributed by atoms with Crippen LogP contribution >= 0.6 is 11.3 Å². The molecule has 0 atom stereocenters. The van der Waals surface area contributed by atoms with Gasteiger partial charge in [-0.2, -0.15) is 0 Å². The van der Waals surface area contributed by atoms with E-state index in [0.29, 0.717) is 30.4 Å². The van der Waals surface area contributed by atoms with Crippen LogP contribution < -0.4 is 5.32 Å². The highest BCUT2D eigenvalue weighted by atomic mass is 32.1. The average Bonchev–Trinajstić information content (AvgIpc) is 2.70. The van der Waals surface area contributed by atoms with Crippen molar-refractivity contribution in [1.82, 2.24) is 0 Å². The molecule has 0 aromatic carbocycles. The van der Waals surface area contributed by atoms with E-state index < -0.39 is 5.97 Å². The minimum absolute atomic E-state index is 0.0817. The quantitative estimate of drug-likeness (QED) is 0.588. The van der Waals surface area contributed by atoms with Crippen LogP contribution in [-0.2, 0) is 19.0 Å². The molecule has 0 fully saturated rings. The summed E-state index contributed by atoms with van der Waals surface area (Å²) in [5, 5.41) is 3.20. The Morgan fingerprint density at radius 1 is 1.24 bits per heavy atom. The zero-order chi connectivity index (χ0) is 15.8. The van der Waals surface area contributed by atoms with Gasteiger partial charge in [0.15, 0.2) is 0 Å². The van der Waals surface area contributed by atoms with Crippen molar-refractivity contribution in [3.8, 4) is 0 Å². The monoisotopic (exact) mass is 315 g/mol. The molecule has 1 amide bonds. The fourth-order valence-electron chi connectivity index (χ4n) is 1.63. The Morgan fingerprint density at radius 2 is 1.95 bits per heavy atom. The molecule has 0 aliphatic heterocycles. The van der Waals surface area contributed by atoms with Crippen LogP contribution in [0.5, 0.6) is 0 Å². The lowest BCUT2D eigenvalue weighted by molar-refractivity contribution is -0.121. The van der Waals surface area contributed by atoms with Gasteiger partial charge in [0.1, 0.15) is 11.6 Å². The number of thiophene rings is 1. The highest BCUT2D eigenvalue weighted by molar-refractivity contribution is 7.16. The Kier molecular flexibility index (Phi) is 7.35. The van der Waals surface area contributed by atoms with Gasteiger partial charge in [-0.15, -0.1) is 11.3 Å². The number of carbonyl (C=O) groups excluding carboxylic acids is 2. The molecule has 1 heterocycles. The van der Waals surface area contributed by atoms with Crippen LogP contribution in [-0.4, -0.2) is 45.4 Å². The second-order valence-corrected chi connectivity index (χ2v) is 5.53. The number of hydrogen-bond donors (Lipinski definition) is 1. The Hall–Kier alpha value is -1.44. The van der Waals surface area contributed by atoms with Crippen LogP contribution in [0.4, 0.5) is 5.00 Å². The lowest BCUT2D eigenvalue weighted by Gasteiger charge is -2.07. The average molecular weight is 315 g/mol. The number of esters is 1. The smallest absolute Gasteiger partial charge is 0.341 e. The van der Waals surface area contributed by atoms with Gasteiger partial charge in [0.25, 0.3) is 5.91 Å². The molecule has 1 N–H and O–H groups in total. The van der Waals surface area contributed by atoms with E-state index in [2.05, 4.69) is 5.32 Å². The number of hydrogen-bond acceptors (Lipinski definition) is 6. The van der Waals surface area contributed by atoms with Crippen molar-refractivity contribution in [2.24, 2.45) is 0 Å². The highest BCUT2D eigenvalue weighted by Crippen LogP contribution is 2.32. The van der Waals surface area contributed by atoms with Crippen molar-refractivity contribution in [1.29, 1.82) is 0 Å². The zero-order valence-electron chi connectivity index (χ0n) is 12.8. The summed E-state index contributed by atoms with van der Waals surface area (Å²) < 4.78 is 15.0. The van der Waals surface area contributed by atoms with E-state index in [-0.39, 0.29) is 12.5 Å². The van der Waals surface area contributed by atoms with E-state index in [0.717, 1.165) is 10.4 Å². The van der Waals surface area contributed by atoms with Crippen molar-refractivity contribution in [3.63, 3.8) is 0 Å². The van der Waals surface area contributed by atoms with Crippen molar-refractivity contribution in [2.45, 2.75) is 20.8 Å². The molecular weight excluding hydrogens is 294 g/mol. The first-order chi connectivity index (χ1) is 10.0. The molecule has 0 aliphatic rings. The third-order valence-corrected chi connectivity index (χ3v) is 3.91. The Morgan fingerprint density at radius 3 is 2.57 bits per heavy atom. The van der Waals surface area contributed by atoms with Crippen LogP contribution in [0.1, 0.15) is 27.7 Å². The van der Waals surface area contributed by atoms with E-state index in [1.165, 1.54) is 11.3 Å². The standard InChI is InChI=1S/C14H21NO5S/c1-5-20-14(17)12-9(2)10(3)21-13(12)15-11(16)8-19-7-6-18-4/h5-8H2,1-4H3,(H,15,16). The molecule has 6 nitrogen and oxygen atoms in total. The van der Waals surface area contributed by atoms with E-state index in [1.54, 1.807) is 14.0 Å². The van der Waals surface area contributed by atoms with Gasteiger partial charge in [0.05, 0.1) is 25.4 Å². The highest BCUT2D eigenvalue weighted by Gasteiger charge is 2.21. The summed E-state index contributed by atoms with van der Waals surface area (Å²) in [5.41, 5.74) is 1.25. The number of carbonyl (C=O) groups is 2. The van der Waals surface area contributed by atoms with Crippen molar-refractivity contribution in [3.05, 3.63) is 16.0 Å². The molecule has 0 saturated carbocycles. The number of anilines is 1. The molecule has 0 spiro atoms. The molecular formula is C14H21NO5S. The molecule has 0 radical (unpaired) electrons. The van der Waals surface area contributed by atoms with Gasteiger partial charge >= 0.3 is 5.97 Å². The van der Waals surface area contributed by atoms with Gasteiger partial charge in [-0.25, -0.2) is 4.79 Å². The van der Waals surface area contributed by atoms with E-state index in [4.69, 9.17) is 14.2 Å².